The van der Waals surface area contributed by atoms with E-state index in [9.17, 15) is 0 Å². The molecule has 0 saturated heterocycles. The lowest BCUT2D eigenvalue weighted by Gasteiger charge is -2.20. The summed E-state index contributed by atoms with van der Waals surface area (Å²) in [6.07, 6.45) is 0. The third-order valence-corrected chi connectivity index (χ3v) is 2.36. The number of nitrogens with one attached hydrogen (secondary N) is 1. The van der Waals surface area contributed by atoms with Gasteiger partial charge in [0.25, 0.3) is 0 Å². The average Bonchev–Trinajstić information content (AvgIpc) is 2.39. The molecule has 0 atom stereocenters. The number of para-hydroxylation sites is 1. The van der Waals surface area contributed by atoms with Gasteiger partial charge in [0.05, 0.1) is 6.61 Å². The highest BCUT2D eigenvalue weighted by molar-refractivity contribution is 5.51. The molecule has 1 aromatic rings. The second-order valence-electron chi connectivity index (χ2n) is 3.60. The van der Waals surface area contributed by atoms with Crippen LogP contribution in [0.5, 0.6) is 17.2 Å². The monoisotopic (exact) mass is 239 g/mol. The van der Waals surface area contributed by atoms with Crippen molar-refractivity contribution in [3.8, 4) is 17.2 Å². The van der Waals surface area contributed by atoms with Crippen LogP contribution in [0.25, 0.3) is 0 Å². The van der Waals surface area contributed by atoms with Crippen LogP contribution in [0.1, 0.15) is 0 Å². The molecule has 0 spiro atoms. The molecule has 0 bridgehead atoms. The van der Waals surface area contributed by atoms with E-state index in [0.29, 0.717) is 44.4 Å². The van der Waals surface area contributed by atoms with Crippen LogP contribution in [0.2, 0.25) is 0 Å². The van der Waals surface area contributed by atoms with Crippen LogP contribution in [0.4, 0.5) is 0 Å². The van der Waals surface area contributed by atoms with Gasteiger partial charge < -0.3 is 24.6 Å². The topological polar surface area (TPSA) is 60.0 Å². The van der Waals surface area contributed by atoms with Crippen molar-refractivity contribution in [1.29, 1.82) is 0 Å². The Hall–Kier alpha value is -1.46. The Bertz CT molecular complexity index is 356. The van der Waals surface area contributed by atoms with E-state index in [1.54, 1.807) is 0 Å². The molecule has 0 aliphatic carbocycles. The van der Waals surface area contributed by atoms with Gasteiger partial charge in [-0.3, -0.25) is 0 Å². The van der Waals surface area contributed by atoms with E-state index in [4.69, 9.17) is 19.3 Å². The van der Waals surface area contributed by atoms with Crippen molar-refractivity contribution in [2.24, 2.45) is 0 Å². The zero-order chi connectivity index (χ0) is 11.9. The highest BCUT2D eigenvalue weighted by Gasteiger charge is 2.16. The second-order valence-corrected chi connectivity index (χ2v) is 3.60. The molecule has 0 amide bonds. The molecule has 1 aliphatic rings. The number of hydrogen-bond acceptors (Lipinski definition) is 5. The predicted octanol–water partition coefficient (Wildman–Crippen LogP) is 0.418. The maximum absolute atomic E-state index is 8.60. The molecule has 0 saturated carbocycles. The van der Waals surface area contributed by atoms with Gasteiger partial charge in [-0.1, -0.05) is 6.07 Å². The molecule has 2 rings (SSSR count). The first-order valence-electron chi connectivity index (χ1n) is 5.75. The molecule has 2 N–H and O–H groups in total. The molecule has 0 aromatic heterocycles. The van der Waals surface area contributed by atoms with Gasteiger partial charge in [0.2, 0.25) is 5.75 Å². The lowest BCUT2D eigenvalue weighted by atomic mass is 10.3. The average molecular weight is 239 g/mol. The molecular weight excluding hydrogens is 222 g/mol. The molecular formula is C12H17NO4. The quantitative estimate of drug-likeness (QED) is 0.704. The molecule has 1 aromatic carbocycles. The van der Waals surface area contributed by atoms with Gasteiger partial charge in [0, 0.05) is 13.1 Å². The van der Waals surface area contributed by atoms with Crippen LogP contribution in [-0.2, 0) is 0 Å². The molecule has 17 heavy (non-hydrogen) atoms. The first-order valence-corrected chi connectivity index (χ1v) is 5.75. The van der Waals surface area contributed by atoms with Crippen LogP contribution >= 0.6 is 0 Å². The standard InChI is InChI=1S/C12H17NO4/c14-6-4-13-5-7-15-10-2-1-3-11-12(10)17-9-8-16-11/h1-3,13-14H,4-9H2. The van der Waals surface area contributed by atoms with Crippen molar-refractivity contribution in [3.63, 3.8) is 0 Å². The van der Waals surface area contributed by atoms with Crippen molar-refractivity contribution in [2.45, 2.75) is 0 Å². The summed E-state index contributed by atoms with van der Waals surface area (Å²) in [6.45, 7) is 3.06. The van der Waals surface area contributed by atoms with E-state index in [1.165, 1.54) is 0 Å². The third-order valence-electron chi connectivity index (χ3n) is 2.36. The van der Waals surface area contributed by atoms with Crippen molar-refractivity contribution in [1.82, 2.24) is 5.32 Å². The van der Waals surface area contributed by atoms with Gasteiger partial charge in [0.15, 0.2) is 11.5 Å². The smallest absolute Gasteiger partial charge is 0.203 e. The summed E-state index contributed by atoms with van der Waals surface area (Å²) >= 11 is 0. The van der Waals surface area contributed by atoms with Crippen molar-refractivity contribution >= 4 is 0 Å². The fourth-order valence-corrected chi connectivity index (χ4v) is 1.60. The van der Waals surface area contributed by atoms with Crippen molar-refractivity contribution in [2.75, 3.05) is 39.5 Å². The molecule has 0 radical (unpaired) electrons. The Morgan fingerprint density at radius 1 is 1.24 bits per heavy atom. The minimum absolute atomic E-state index is 0.137. The minimum Gasteiger partial charge on any atom is -0.488 e. The molecule has 5 heteroatoms. The second kappa shape index (κ2) is 6.32. The highest BCUT2D eigenvalue weighted by atomic mass is 16.6. The molecule has 0 fully saturated rings. The zero-order valence-corrected chi connectivity index (χ0v) is 9.65. The Kier molecular flexibility index (Phi) is 4.46. The Morgan fingerprint density at radius 2 is 2.12 bits per heavy atom. The summed E-state index contributed by atoms with van der Waals surface area (Å²) < 4.78 is 16.6. The predicted molar refractivity (Wildman–Crippen MR) is 62.9 cm³/mol. The summed E-state index contributed by atoms with van der Waals surface area (Å²) in [5.41, 5.74) is 0. The fourth-order valence-electron chi connectivity index (χ4n) is 1.60. The first-order chi connectivity index (χ1) is 8.42. The van der Waals surface area contributed by atoms with Crippen LogP contribution in [0.3, 0.4) is 0 Å². The van der Waals surface area contributed by atoms with Crippen LogP contribution in [-0.4, -0.2) is 44.6 Å². The number of aliphatic hydroxyl groups is 1. The SMILES string of the molecule is OCCNCCOc1cccc2c1OCCO2. The van der Waals surface area contributed by atoms with Gasteiger partial charge in [-0.05, 0) is 12.1 Å². The van der Waals surface area contributed by atoms with Gasteiger partial charge in [-0.25, -0.2) is 0 Å². The number of ether oxygens (including phenoxy) is 3. The molecule has 94 valence electrons. The maximum atomic E-state index is 8.60. The lowest BCUT2D eigenvalue weighted by molar-refractivity contribution is 0.162. The van der Waals surface area contributed by atoms with Crippen LogP contribution in [0, 0.1) is 0 Å². The molecule has 1 heterocycles. The summed E-state index contributed by atoms with van der Waals surface area (Å²) in [4.78, 5) is 0. The van der Waals surface area contributed by atoms with Gasteiger partial charge in [-0.2, -0.15) is 0 Å². The third kappa shape index (κ3) is 3.25. The van der Waals surface area contributed by atoms with E-state index in [-0.39, 0.29) is 6.61 Å². The van der Waals surface area contributed by atoms with E-state index >= 15 is 0 Å². The van der Waals surface area contributed by atoms with Crippen molar-refractivity contribution in [3.05, 3.63) is 18.2 Å². The number of fused-ring (bicyclic) bond motifs is 1. The zero-order valence-electron chi connectivity index (χ0n) is 9.65. The van der Waals surface area contributed by atoms with Gasteiger partial charge in [0.1, 0.15) is 19.8 Å². The minimum atomic E-state index is 0.137. The fraction of sp³-hybridized carbons (Fsp3) is 0.500. The number of hydrogen-bond donors (Lipinski definition) is 2. The molecule has 0 unspecified atom stereocenters. The highest BCUT2D eigenvalue weighted by Crippen LogP contribution is 2.38. The Morgan fingerprint density at radius 3 is 3.00 bits per heavy atom. The molecule has 5 nitrogen and oxygen atoms in total. The van der Waals surface area contributed by atoms with Gasteiger partial charge in [-0.15, -0.1) is 0 Å². The van der Waals surface area contributed by atoms with Crippen molar-refractivity contribution < 1.29 is 19.3 Å². The largest absolute Gasteiger partial charge is 0.488 e. The number of rotatable bonds is 6. The number of benzene rings is 1. The Balaban J connectivity index is 1.87. The van der Waals surface area contributed by atoms with Gasteiger partial charge >= 0.3 is 0 Å². The number of aliphatic hydroxyl groups excluding tert-OH is 1. The summed E-state index contributed by atoms with van der Waals surface area (Å²) in [6, 6.07) is 5.61. The summed E-state index contributed by atoms with van der Waals surface area (Å²) in [5.74, 6) is 2.12. The summed E-state index contributed by atoms with van der Waals surface area (Å²) in [5, 5.41) is 11.6. The first kappa shape index (κ1) is 12.0. The normalized spacial score (nSPS) is 13.5. The lowest BCUT2D eigenvalue weighted by Crippen LogP contribution is -2.24. The van der Waals surface area contributed by atoms with E-state index in [2.05, 4.69) is 5.32 Å². The van der Waals surface area contributed by atoms with E-state index < -0.39 is 0 Å². The van der Waals surface area contributed by atoms with E-state index in [0.717, 1.165) is 5.75 Å². The van der Waals surface area contributed by atoms with Crippen LogP contribution < -0.4 is 19.5 Å². The molecule has 1 aliphatic heterocycles. The summed E-state index contributed by atoms with van der Waals surface area (Å²) in [7, 11) is 0. The van der Waals surface area contributed by atoms with E-state index in [1.807, 2.05) is 18.2 Å². The van der Waals surface area contributed by atoms with Crippen LogP contribution in [0.15, 0.2) is 18.2 Å². The Labute approximate surface area is 100 Å². The maximum Gasteiger partial charge on any atom is 0.203 e.